The molecule has 0 unspecified atom stereocenters. The van der Waals surface area contributed by atoms with E-state index in [1.807, 2.05) is 0 Å². The Morgan fingerprint density at radius 3 is 2.26 bits per heavy atom. The molecule has 0 bridgehead atoms. The van der Waals surface area contributed by atoms with E-state index in [-0.39, 0.29) is 24.1 Å². The van der Waals surface area contributed by atoms with Crippen LogP contribution in [0.2, 0.25) is 10.0 Å². The molecule has 0 saturated carbocycles. The number of likely N-dealkylation sites (tertiary alicyclic amines) is 1. The van der Waals surface area contributed by atoms with Crippen LogP contribution in [-0.4, -0.2) is 49.7 Å². The van der Waals surface area contributed by atoms with Gasteiger partial charge in [0.25, 0.3) is 0 Å². The maximum absolute atomic E-state index is 13.0. The Kier molecular flexibility index (Phi) is 8.53. The smallest absolute Gasteiger partial charge is 0.224 e. The number of amides is 1. The van der Waals surface area contributed by atoms with Gasteiger partial charge < -0.3 is 5.32 Å². The summed E-state index contributed by atoms with van der Waals surface area (Å²) < 4.78 is 27.5. The first-order valence-corrected chi connectivity index (χ1v) is 14.2. The van der Waals surface area contributed by atoms with E-state index in [1.165, 1.54) is 22.7 Å². The summed E-state index contributed by atoms with van der Waals surface area (Å²) >= 11 is 12.3. The fraction of sp³-hybridized carbons (Fsp3) is 0.480. The number of hydrogen-bond acceptors (Lipinski definition) is 4. The van der Waals surface area contributed by atoms with Crippen LogP contribution in [0.15, 0.2) is 42.5 Å². The van der Waals surface area contributed by atoms with Gasteiger partial charge in [0.1, 0.15) is 0 Å². The zero-order valence-electron chi connectivity index (χ0n) is 19.2. The average Bonchev–Trinajstić information content (AvgIpc) is 3.34. The number of carbonyl (C=O) groups is 1. The summed E-state index contributed by atoms with van der Waals surface area (Å²) in [5.74, 6) is -0.764. The molecule has 1 amide bonds. The molecule has 2 aliphatic rings. The lowest BCUT2D eigenvalue weighted by molar-refractivity contribution is -0.126. The molecule has 2 aliphatic heterocycles. The van der Waals surface area contributed by atoms with Gasteiger partial charge >= 0.3 is 0 Å². The van der Waals surface area contributed by atoms with Gasteiger partial charge in [0.05, 0.1) is 11.7 Å². The van der Waals surface area contributed by atoms with Crippen molar-refractivity contribution in [2.45, 2.75) is 44.5 Å². The van der Waals surface area contributed by atoms with Crippen LogP contribution in [-0.2, 0) is 33.7 Å². The summed E-state index contributed by atoms with van der Waals surface area (Å²) in [7, 11) is -3.65. The Morgan fingerprint density at radius 1 is 0.941 bits per heavy atom. The minimum Gasteiger partial charge on any atom is -0.352 e. The molecular formula is C25H31Cl2N3O3S. The Labute approximate surface area is 212 Å². The van der Waals surface area contributed by atoms with Crippen LogP contribution in [0.1, 0.15) is 42.4 Å². The van der Waals surface area contributed by atoms with E-state index >= 15 is 0 Å². The maximum Gasteiger partial charge on any atom is 0.224 e. The van der Waals surface area contributed by atoms with Crippen molar-refractivity contribution in [3.8, 4) is 0 Å². The zero-order chi connectivity index (χ0) is 24.1. The number of rotatable bonds is 8. The summed E-state index contributed by atoms with van der Waals surface area (Å²) in [5.41, 5.74) is 2.71. The molecule has 184 valence electrons. The maximum atomic E-state index is 13.0. The van der Waals surface area contributed by atoms with Crippen LogP contribution in [0.4, 0.5) is 0 Å². The lowest BCUT2D eigenvalue weighted by Crippen LogP contribution is -2.45. The van der Waals surface area contributed by atoms with Crippen LogP contribution in [0, 0.1) is 5.92 Å². The van der Waals surface area contributed by atoms with Gasteiger partial charge in [-0.2, -0.15) is 0 Å². The van der Waals surface area contributed by atoms with Gasteiger partial charge in [-0.1, -0.05) is 53.5 Å². The zero-order valence-corrected chi connectivity index (χ0v) is 21.5. The highest BCUT2D eigenvalue weighted by Gasteiger charge is 2.33. The molecule has 2 fully saturated rings. The molecule has 2 aromatic rings. The highest BCUT2D eigenvalue weighted by Crippen LogP contribution is 2.29. The molecule has 6 nitrogen and oxygen atoms in total. The summed E-state index contributed by atoms with van der Waals surface area (Å²) in [4.78, 5) is 15.3. The molecule has 1 atom stereocenters. The number of nitrogens with one attached hydrogen (secondary N) is 1. The molecule has 2 heterocycles. The monoisotopic (exact) mass is 523 g/mol. The van der Waals surface area contributed by atoms with Gasteiger partial charge in [-0.3, -0.25) is 9.69 Å². The number of benzene rings is 2. The van der Waals surface area contributed by atoms with Crippen molar-refractivity contribution >= 4 is 39.1 Å². The van der Waals surface area contributed by atoms with Crippen molar-refractivity contribution in [1.82, 2.24) is 14.5 Å². The number of sulfonamides is 1. The van der Waals surface area contributed by atoms with Crippen LogP contribution >= 0.6 is 23.2 Å². The number of piperidine rings is 1. The second-order valence-electron chi connectivity index (χ2n) is 9.17. The Balaban J connectivity index is 1.30. The molecule has 0 radical (unpaired) electrons. The van der Waals surface area contributed by atoms with Crippen LogP contribution < -0.4 is 5.32 Å². The largest absolute Gasteiger partial charge is 0.352 e. The third-order valence-electron chi connectivity index (χ3n) is 6.63. The van der Waals surface area contributed by atoms with Crippen molar-refractivity contribution < 1.29 is 13.2 Å². The summed E-state index contributed by atoms with van der Waals surface area (Å²) in [6.45, 7) is 4.30. The molecule has 4 rings (SSSR count). The standard InChI is InChI=1S/C25H31Cl2N3O3S/c26-23-6-3-7-24(27)22(23)18-34(32,33)30-14-4-5-21(17-30)25(31)28-15-19-8-10-20(11-9-19)16-29-12-1-2-13-29/h3,6-11,21H,1-2,4-5,12-18H2,(H,28,31)/t21-/m0/s1. The topological polar surface area (TPSA) is 69.7 Å². The van der Waals surface area contributed by atoms with Crippen molar-refractivity contribution in [2.24, 2.45) is 5.92 Å². The molecule has 0 aliphatic carbocycles. The van der Waals surface area contributed by atoms with E-state index in [9.17, 15) is 13.2 Å². The molecular weight excluding hydrogens is 493 g/mol. The van der Waals surface area contributed by atoms with Crippen molar-refractivity contribution in [3.05, 3.63) is 69.2 Å². The SMILES string of the molecule is O=C(NCc1ccc(CN2CCCC2)cc1)[C@H]1CCCN(S(=O)(=O)Cc2c(Cl)cccc2Cl)C1. The first-order chi connectivity index (χ1) is 16.3. The van der Waals surface area contributed by atoms with E-state index in [4.69, 9.17) is 23.2 Å². The number of hydrogen-bond donors (Lipinski definition) is 1. The van der Waals surface area contributed by atoms with Gasteiger partial charge in [0.15, 0.2) is 0 Å². The first kappa shape index (κ1) is 25.5. The summed E-state index contributed by atoms with van der Waals surface area (Å²) in [6, 6.07) is 13.3. The lowest BCUT2D eigenvalue weighted by Gasteiger charge is -2.31. The minimum atomic E-state index is -3.65. The Hall–Kier alpha value is -1.64. The van der Waals surface area contributed by atoms with E-state index < -0.39 is 10.0 Å². The lowest BCUT2D eigenvalue weighted by atomic mass is 9.98. The predicted molar refractivity (Wildman–Crippen MR) is 136 cm³/mol. The molecule has 1 N–H and O–H groups in total. The van der Waals surface area contributed by atoms with Gasteiger partial charge in [-0.15, -0.1) is 0 Å². The van der Waals surface area contributed by atoms with E-state index in [0.29, 0.717) is 41.5 Å². The molecule has 2 aromatic carbocycles. The van der Waals surface area contributed by atoms with E-state index in [0.717, 1.165) is 25.2 Å². The van der Waals surface area contributed by atoms with Crippen molar-refractivity contribution in [3.63, 3.8) is 0 Å². The Morgan fingerprint density at radius 2 is 1.59 bits per heavy atom. The second-order valence-corrected chi connectivity index (χ2v) is 12.0. The quantitative estimate of drug-likeness (QED) is 0.554. The van der Waals surface area contributed by atoms with Gasteiger partial charge in [-0.05, 0) is 62.0 Å². The van der Waals surface area contributed by atoms with Gasteiger partial charge in [-0.25, -0.2) is 12.7 Å². The minimum absolute atomic E-state index is 0.114. The normalized spacial score (nSPS) is 19.9. The van der Waals surface area contributed by atoms with Crippen LogP contribution in [0.25, 0.3) is 0 Å². The molecule has 9 heteroatoms. The van der Waals surface area contributed by atoms with Crippen LogP contribution in [0.3, 0.4) is 0 Å². The number of halogens is 2. The van der Waals surface area contributed by atoms with E-state index in [1.54, 1.807) is 18.2 Å². The summed E-state index contributed by atoms with van der Waals surface area (Å²) in [5, 5.41) is 3.64. The third-order valence-corrected chi connectivity index (χ3v) is 9.11. The molecule has 34 heavy (non-hydrogen) atoms. The summed E-state index contributed by atoms with van der Waals surface area (Å²) in [6.07, 6.45) is 3.85. The highest BCUT2D eigenvalue weighted by molar-refractivity contribution is 7.88. The third kappa shape index (κ3) is 6.52. The van der Waals surface area contributed by atoms with Gasteiger partial charge in [0.2, 0.25) is 15.9 Å². The van der Waals surface area contributed by atoms with Gasteiger partial charge in [0, 0.05) is 41.8 Å². The van der Waals surface area contributed by atoms with Crippen LogP contribution in [0.5, 0.6) is 0 Å². The average molecular weight is 525 g/mol. The van der Waals surface area contributed by atoms with Crippen molar-refractivity contribution in [2.75, 3.05) is 26.2 Å². The second kappa shape index (κ2) is 11.4. The predicted octanol–water partition coefficient (Wildman–Crippen LogP) is 4.45. The fourth-order valence-corrected chi connectivity index (χ4v) is 7.01. The Bertz CT molecular complexity index is 1080. The highest BCUT2D eigenvalue weighted by atomic mass is 35.5. The number of nitrogens with zero attached hydrogens (tertiary/aromatic N) is 2. The van der Waals surface area contributed by atoms with E-state index in [2.05, 4.69) is 34.5 Å². The first-order valence-electron chi connectivity index (χ1n) is 11.8. The molecule has 0 aromatic heterocycles. The molecule has 2 saturated heterocycles. The molecule has 0 spiro atoms. The number of carbonyl (C=O) groups excluding carboxylic acids is 1. The van der Waals surface area contributed by atoms with Crippen molar-refractivity contribution in [1.29, 1.82) is 0 Å². The fourth-order valence-electron chi connectivity index (χ4n) is 4.65.